The highest BCUT2D eigenvalue weighted by atomic mass is 35.5. The van der Waals surface area contributed by atoms with Crippen molar-refractivity contribution in [3.05, 3.63) is 135 Å². The fourth-order valence-electron chi connectivity index (χ4n) is 4.98. The van der Waals surface area contributed by atoms with Crippen molar-refractivity contribution in [2.24, 2.45) is 0 Å². The zero-order valence-electron chi connectivity index (χ0n) is 21.1. The van der Waals surface area contributed by atoms with Crippen molar-refractivity contribution >= 4 is 28.5 Å². The second-order valence-corrected chi connectivity index (χ2v) is 9.74. The third-order valence-electron chi connectivity index (χ3n) is 6.88. The van der Waals surface area contributed by atoms with Gasteiger partial charge in [0.1, 0.15) is 22.8 Å². The Balaban J connectivity index is 1.43. The van der Waals surface area contributed by atoms with Crippen molar-refractivity contribution in [2.75, 3.05) is 13.7 Å². The minimum atomic E-state index is -0.648. The number of amides is 1. The molecule has 1 aliphatic heterocycles. The van der Waals surface area contributed by atoms with E-state index in [1.165, 1.54) is 0 Å². The molecule has 7 heteroatoms. The molecule has 0 bridgehead atoms. The summed E-state index contributed by atoms with van der Waals surface area (Å²) in [6.45, 7) is 0.375. The summed E-state index contributed by atoms with van der Waals surface area (Å²) in [5.74, 6) is 1.78. The van der Waals surface area contributed by atoms with Crippen LogP contribution in [0.5, 0.6) is 17.2 Å². The molecule has 6 nitrogen and oxygen atoms in total. The van der Waals surface area contributed by atoms with Crippen LogP contribution < -0.4 is 14.9 Å². The van der Waals surface area contributed by atoms with Crippen LogP contribution in [0.15, 0.2) is 106 Å². The van der Waals surface area contributed by atoms with E-state index in [9.17, 15) is 9.59 Å². The maximum absolute atomic E-state index is 13.8. The largest absolute Gasteiger partial charge is 0.497 e. The van der Waals surface area contributed by atoms with Gasteiger partial charge in [-0.15, -0.1) is 0 Å². The fourth-order valence-corrected chi connectivity index (χ4v) is 5.16. The third-order valence-corrected chi connectivity index (χ3v) is 7.12. The van der Waals surface area contributed by atoms with Crippen molar-refractivity contribution in [2.45, 2.75) is 12.5 Å². The van der Waals surface area contributed by atoms with E-state index in [2.05, 4.69) is 0 Å². The number of methoxy groups -OCH3 is 1. The quantitative estimate of drug-likeness (QED) is 0.223. The molecular formula is C32H24ClNO5. The van der Waals surface area contributed by atoms with E-state index < -0.39 is 6.04 Å². The number of carbonyl (C=O) groups excluding carboxylic acids is 1. The number of benzene rings is 4. The lowest BCUT2D eigenvalue weighted by Crippen LogP contribution is -2.31. The molecule has 1 aromatic heterocycles. The van der Waals surface area contributed by atoms with Crippen LogP contribution in [0.3, 0.4) is 0 Å². The smallest absolute Gasteiger partial charge is 0.290 e. The fraction of sp³-hybridized carbons (Fsp3) is 0.125. The van der Waals surface area contributed by atoms with E-state index in [-0.39, 0.29) is 17.1 Å². The summed E-state index contributed by atoms with van der Waals surface area (Å²) in [6, 6.07) is 28.8. The summed E-state index contributed by atoms with van der Waals surface area (Å²) < 4.78 is 17.4. The monoisotopic (exact) mass is 537 g/mol. The van der Waals surface area contributed by atoms with Gasteiger partial charge in [0.15, 0.2) is 5.43 Å². The molecule has 5 aromatic rings. The van der Waals surface area contributed by atoms with Gasteiger partial charge < -0.3 is 18.8 Å². The lowest BCUT2D eigenvalue weighted by atomic mass is 9.98. The Kier molecular flexibility index (Phi) is 6.55. The molecule has 4 aromatic carbocycles. The van der Waals surface area contributed by atoms with Gasteiger partial charge in [0.2, 0.25) is 5.76 Å². The number of halogens is 1. The van der Waals surface area contributed by atoms with Gasteiger partial charge in [-0.05, 0) is 72.1 Å². The van der Waals surface area contributed by atoms with Gasteiger partial charge in [0.05, 0.1) is 24.1 Å². The van der Waals surface area contributed by atoms with Crippen molar-refractivity contribution in [1.29, 1.82) is 0 Å². The van der Waals surface area contributed by atoms with Gasteiger partial charge in [-0.3, -0.25) is 9.59 Å². The number of fused-ring (bicyclic) bond motifs is 2. The number of para-hydroxylation sites is 1. The van der Waals surface area contributed by atoms with Crippen molar-refractivity contribution < 1.29 is 18.7 Å². The van der Waals surface area contributed by atoms with E-state index in [0.717, 1.165) is 16.9 Å². The standard InChI is InChI=1S/C32H24ClNO5/c1-37-23-13-10-20(11-14-23)16-17-34-29(21-6-5-9-25(18-21)38-24-7-3-2-4-8-24)28-30(35)26-19-22(33)12-15-27(26)39-31(28)32(34)36/h2-15,18-19,29H,16-17H2,1H3. The second-order valence-electron chi connectivity index (χ2n) is 9.30. The van der Waals surface area contributed by atoms with Crippen molar-refractivity contribution in [3.8, 4) is 17.2 Å². The Morgan fingerprint density at radius 2 is 1.62 bits per heavy atom. The molecule has 0 saturated heterocycles. The Hall–Kier alpha value is -4.55. The average Bonchev–Trinajstić information content (AvgIpc) is 3.24. The molecule has 0 spiro atoms. The van der Waals surface area contributed by atoms with Gasteiger partial charge in [0.25, 0.3) is 5.91 Å². The summed E-state index contributed by atoms with van der Waals surface area (Å²) in [6.07, 6.45) is 0.583. The highest BCUT2D eigenvalue weighted by molar-refractivity contribution is 6.31. The van der Waals surface area contributed by atoms with Gasteiger partial charge >= 0.3 is 0 Å². The number of hydrogen-bond donors (Lipinski definition) is 0. The van der Waals surface area contributed by atoms with Gasteiger partial charge in [-0.2, -0.15) is 0 Å². The van der Waals surface area contributed by atoms with Crippen LogP contribution in [-0.2, 0) is 6.42 Å². The molecule has 0 aliphatic carbocycles. The molecule has 39 heavy (non-hydrogen) atoms. The lowest BCUT2D eigenvalue weighted by Gasteiger charge is -2.25. The van der Waals surface area contributed by atoms with Crippen LogP contribution in [0, 0.1) is 0 Å². The Bertz CT molecular complexity index is 1730. The summed E-state index contributed by atoms with van der Waals surface area (Å²) in [7, 11) is 1.62. The molecule has 6 rings (SSSR count). The predicted molar refractivity (Wildman–Crippen MR) is 150 cm³/mol. The maximum atomic E-state index is 13.8. The second kappa shape index (κ2) is 10.3. The van der Waals surface area contributed by atoms with Crippen molar-refractivity contribution in [3.63, 3.8) is 0 Å². The number of ether oxygens (including phenoxy) is 2. The third kappa shape index (κ3) is 4.75. The zero-order valence-corrected chi connectivity index (χ0v) is 21.9. The molecule has 0 saturated carbocycles. The first-order chi connectivity index (χ1) is 19.0. The molecule has 194 valence electrons. The predicted octanol–water partition coefficient (Wildman–Crippen LogP) is 7.04. The Labute approximate surface area is 230 Å². The van der Waals surface area contributed by atoms with E-state index in [1.54, 1.807) is 30.2 Å². The van der Waals surface area contributed by atoms with Crippen LogP contribution in [0.1, 0.15) is 33.3 Å². The van der Waals surface area contributed by atoms with E-state index in [0.29, 0.717) is 46.0 Å². The molecule has 1 atom stereocenters. The topological polar surface area (TPSA) is 69.0 Å². The summed E-state index contributed by atoms with van der Waals surface area (Å²) in [4.78, 5) is 29.3. The molecule has 1 aliphatic rings. The summed E-state index contributed by atoms with van der Waals surface area (Å²) in [5.41, 5.74) is 2.15. The minimum Gasteiger partial charge on any atom is -0.497 e. The van der Waals surface area contributed by atoms with Crippen LogP contribution in [0.25, 0.3) is 11.0 Å². The minimum absolute atomic E-state index is 0.0592. The molecule has 0 fully saturated rings. The zero-order chi connectivity index (χ0) is 26.9. The summed E-state index contributed by atoms with van der Waals surface area (Å²) in [5, 5.41) is 0.762. The number of rotatable bonds is 7. The van der Waals surface area contributed by atoms with Gasteiger partial charge in [-0.1, -0.05) is 54.1 Å². The van der Waals surface area contributed by atoms with Gasteiger partial charge in [0, 0.05) is 11.6 Å². The number of hydrogen-bond acceptors (Lipinski definition) is 5. The Morgan fingerprint density at radius 3 is 2.38 bits per heavy atom. The average molecular weight is 538 g/mol. The number of carbonyl (C=O) groups is 1. The molecular weight excluding hydrogens is 514 g/mol. The first kappa shape index (κ1) is 24.8. The molecule has 0 radical (unpaired) electrons. The van der Waals surface area contributed by atoms with E-state index in [4.69, 9.17) is 25.5 Å². The molecule has 2 heterocycles. The molecule has 1 unspecified atom stereocenters. The SMILES string of the molecule is COc1ccc(CCN2C(=O)c3oc4ccc(Cl)cc4c(=O)c3C2c2cccc(Oc3ccccc3)c2)cc1. The van der Waals surface area contributed by atoms with Crippen LogP contribution >= 0.6 is 11.6 Å². The van der Waals surface area contributed by atoms with Gasteiger partial charge in [-0.25, -0.2) is 0 Å². The highest BCUT2D eigenvalue weighted by Gasteiger charge is 2.42. The number of nitrogens with zero attached hydrogens (tertiary/aromatic N) is 1. The van der Waals surface area contributed by atoms with Crippen molar-refractivity contribution in [1.82, 2.24) is 4.90 Å². The first-order valence-corrected chi connectivity index (χ1v) is 12.9. The maximum Gasteiger partial charge on any atom is 0.290 e. The lowest BCUT2D eigenvalue weighted by molar-refractivity contribution is 0.0730. The van der Waals surface area contributed by atoms with Crippen LogP contribution in [0.2, 0.25) is 5.02 Å². The Morgan fingerprint density at radius 1 is 0.846 bits per heavy atom. The van der Waals surface area contributed by atoms with E-state index >= 15 is 0 Å². The normalized spacial score (nSPS) is 14.5. The first-order valence-electron chi connectivity index (χ1n) is 12.5. The van der Waals surface area contributed by atoms with E-state index in [1.807, 2.05) is 78.9 Å². The van der Waals surface area contributed by atoms with Crippen LogP contribution in [-0.4, -0.2) is 24.5 Å². The molecule has 1 amide bonds. The highest BCUT2D eigenvalue weighted by Crippen LogP contribution is 2.39. The van der Waals surface area contributed by atoms with Crippen LogP contribution in [0.4, 0.5) is 0 Å². The molecule has 0 N–H and O–H groups in total. The summed E-state index contributed by atoms with van der Waals surface area (Å²) >= 11 is 6.21.